The van der Waals surface area contributed by atoms with Gasteiger partial charge in [0.15, 0.2) is 6.61 Å². The van der Waals surface area contributed by atoms with Crippen molar-refractivity contribution in [3.05, 3.63) is 69.7 Å². The number of hydrogen-bond donors (Lipinski definition) is 1. The molecule has 2 rings (SSSR count). The number of aryl methyl sites for hydroxylation is 1. The summed E-state index contributed by atoms with van der Waals surface area (Å²) in [6.45, 7) is 5.32. The molecule has 0 unspecified atom stereocenters. The summed E-state index contributed by atoms with van der Waals surface area (Å²) in [5.41, 5.74) is 3.27. The van der Waals surface area contributed by atoms with Gasteiger partial charge in [0.25, 0.3) is 5.91 Å². The van der Waals surface area contributed by atoms with Crippen molar-refractivity contribution < 1.29 is 14.3 Å². The minimum absolute atomic E-state index is 0.200. The van der Waals surface area contributed by atoms with Gasteiger partial charge >= 0.3 is 5.97 Å². The van der Waals surface area contributed by atoms with E-state index in [9.17, 15) is 9.59 Å². The van der Waals surface area contributed by atoms with Crippen LogP contribution in [0.1, 0.15) is 40.0 Å². The fourth-order valence-electron chi connectivity index (χ4n) is 2.30. The second kappa shape index (κ2) is 7.97. The molecule has 1 atom stereocenters. The first-order chi connectivity index (χ1) is 11.4. The van der Waals surface area contributed by atoms with Gasteiger partial charge < -0.3 is 10.1 Å². The Bertz CT molecular complexity index is 741. The fourth-order valence-corrected chi connectivity index (χ4v) is 2.42. The minimum Gasteiger partial charge on any atom is -0.452 e. The first-order valence-electron chi connectivity index (χ1n) is 7.66. The molecule has 1 amide bonds. The number of ether oxygens (including phenoxy) is 1. The Kier molecular flexibility index (Phi) is 5.99. The average molecular weight is 346 g/mol. The number of esters is 1. The standard InChI is InChI=1S/C19H20ClNO3/c1-12-5-4-6-17(13(12)2)19(23)24-11-18(22)21-14(3)15-7-9-16(20)10-8-15/h4-10,14H,11H2,1-3H3,(H,21,22)/t14-/m1/s1. The van der Waals surface area contributed by atoms with E-state index < -0.39 is 5.97 Å². The summed E-state index contributed by atoms with van der Waals surface area (Å²) in [6.07, 6.45) is 0. The molecule has 0 aliphatic rings. The second-order valence-electron chi connectivity index (χ2n) is 5.66. The quantitative estimate of drug-likeness (QED) is 0.833. The molecule has 24 heavy (non-hydrogen) atoms. The number of halogens is 1. The summed E-state index contributed by atoms with van der Waals surface area (Å²) >= 11 is 5.84. The molecular formula is C19H20ClNO3. The van der Waals surface area contributed by atoms with Crippen LogP contribution in [0.4, 0.5) is 0 Å². The van der Waals surface area contributed by atoms with Crippen molar-refractivity contribution in [1.29, 1.82) is 0 Å². The summed E-state index contributed by atoms with van der Waals surface area (Å²) < 4.78 is 5.11. The lowest BCUT2D eigenvalue weighted by atomic mass is 10.0. The molecule has 4 nitrogen and oxygen atoms in total. The van der Waals surface area contributed by atoms with Gasteiger partial charge in [0.2, 0.25) is 0 Å². The number of benzene rings is 2. The maximum Gasteiger partial charge on any atom is 0.338 e. The molecule has 2 aromatic rings. The Hall–Kier alpha value is -2.33. The summed E-state index contributed by atoms with van der Waals surface area (Å²) in [5, 5.41) is 3.43. The van der Waals surface area contributed by atoms with Crippen LogP contribution < -0.4 is 5.32 Å². The normalized spacial score (nSPS) is 11.7. The molecule has 0 fully saturated rings. The van der Waals surface area contributed by atoms with Crippen LogP contribution >= 0.6 is 11.6 Å². The third-order valence-corrected chi connectivity index (χ3v) is 4.16. The van der Waals surface area contributed by atoms with Crippen molar-refractivity contribution in [3.8, 4) is 0 Å². The first kappa shape index (κ1) is 18.0. The molecule has 0 aliphatic carbocycles. The second-order valence-corrected chi connectivity index (χ2v) is 6.10. The van der Waals surface area contributed by atoms with E-state index in [1.165, 1.54) is 0 Å². The zero-order valence-corrected chi connectivity index (χ0v) is 14.7. The van der Waals surface area contributed by atoms with Crippen LogP contribution in [0.2, 0.25) is 5.02 Å². The highest BCUT2D eigenvalue weighted by Gasteiger charge is 2.15. The van der Waals surface area contributed by atoms with E-state index in [1.54, 1.807) is 24.3 Å². The predicted octanol–water partition coefficient (Wildman–Crippen LogP) is 3.99. The molecule has 126 valence electrons. The van der Waals surface area contributed by atoms with E-state index in [0.29, 0.717) is 10.6 Å². The van der Waals surface area contributed by atoms with E-state index in [4.69, 9.17) is 16.3 Å². The smallest absolute Gasteiger partial charge is 0.338 e. The van der Waals surface area contributed by atoms with Crippen LogP contribution in [0.5, 0.6) is 0 Å². The lowest BCUT2D eigenvalue weighted by Crippen LogP contribution is -2.31. The zero-order chi connectivity index (χ0) is 17.7. The van der Waals surface area contributed by atoms with Crippen LogP contribution in [0, 0.1) is 13.8 Å². The maximum atomic E-state index is 12.1. The first-order valence-corrected chi connectivity index (χ1v) is 8.04. The Morgan fingerprint density at radius 3 is 2.46 bits per heavy atom. The predicted molar refractivity (Wildman–Crippen MR) is 94.2 cm³/mol. The van der Waals surface area contributed by atoms with Gasteiger partial charge in [-0.3, -0.25) is 4.79 Å². The van der Waals surface area contributed by atoms with E-state index in [0.717, 1.165) is 16.7 Å². The Morgan fingerprint density at radius 1 is 1.12 bits per heavy atom. The fraction of sp³-hybridized carbons (Fsp3) is 0.263. The van der Waals surface area contributed by atoms with E-state index in [1.807, 2.05) is 39.0 Å². The SMILES string of the molecule is Cc1cccc(C(=O)OCC(=O)N[C@H](C)c2ccc(Cl)cc2)c1C. The lowest BCUT2D eigenvalue weighted by molar-refractivity contribution is -0.124. The van der Waals surface area contributed by atoms with Gasteiger partial charge in [-0.15, -0.1) is 0 Å². The third kappa shape index (κ3) is 4.59. The number of nitrogens with one attached hydrogen (secondary N) is 1. The topological polar surface area (TPSA) is 55.4 Å². The van der Waals surface area contributed by atoms with Crippen LogP contribution in [-0.4, -0.2) is 18.5 Å². The molecule has 1 N–H and O–H groups in total. The van der Waals surface area contributed by atoms with Gasteiger partial charge in [0.1, 0.15) is 0 Å². The van der Waals surface area contributed by atoms with Crippen LogP contribution in [-0.2, 0) is 9.53 Å². The molecule has 0 spiro atoms. The Labute approximate surface area is 146 Å². The number of carbonyl (C=O) groups is 2. The van der Waals surface area contributed by atoms with Crippen molar-refractivity contribution in [2.75, 3.05) is 6.61 Å². The number of hydrogen-bond acceptors (Lipinski definition) is 3. The molecule has 0 aliphatic heterocycles. The zero-order valence-electron chi connectivity index (χ0n) is 13.9. The number of amides is 1. The molecule has 5 heteroatoms. The van der Waals surface area contributed by atoms with Crippen LogP contribution in [0.25, 0.3) is 0 Å². The average Bonchev–Trinajstić information content (AvgIpc) is 2.55. The van der Waals surface area contributed by atoms with E-state index in [2.05, 4.69) is 5.32 Å². The molecule has 0 saturated heterocycles. The van der Waals surface area contributed by atoms with Gasteiger partial charge in [-0.05, 0) is 55.7 Å². The van der Waals surface area contributed by atoms with E-state index in [-0.39, 0.29) is 18.6 Å². The molecule has 0 radical (unpaired) electrons. The van der Waals surface area contributed by atoms with Gasteiger partial charge in [-0.25, -0.2) is 4.79 Å². The van der Waals surface area contributed by atoms with Gasteiger partial charge in [-0.2, -0.15) is 0 Å². The summed E-state index contributed by atoms with van der Waals surface area (Å²) in [6, 6.07) is 12.4. The molecule has 2 aromatic carbocycles. The highest BCUT2D eigenvalue weighted by Crippen LogP contribution is 2.16. The van der Waals surface area contributed by atoms with Crippen LogP contribution in [0.3, 0.4) is 0 Å². The maximum absolute atomic E-state index is 12.1. The number of carbonyl (C=O) groups excluding carboxylic acids is 2. The van der Waals surface area contributed by atoms with Crippen molar-refractivity contribution in [2.45, 2.75) is 26.8 Å². The van der Waals surface area contributed by atoms with Crippen LogP contribution in [0.15, 0.2) is 42.5 Å². The van der Waals surface area contributed by atoms with Crippen molar-refractivity contribution in [1.82, 2.24) is 5.32 Å². The summed E-state index contributed by atoms with van der Waals surface area (Å²) in [7, 11) is 0. The van der Waals surface area contributed by atoms with Gasteiger partial charge in [-0.1, -0.05) is 35.9 Å². The van der Waals surface area contributed by atoms with Gasteiger partial charge in [0.05, 0.1) is 11.6 Å². The van der Waals surface area contributed by atoms with Crippen molar-refractivity contribution >= 4 is 23.5 Å². The minimum atomic E-state index is -0.495. The largest absolute Gasteiger partial charge is 0.452 e. The highest BCUT2D eigenvalue weighted by atomic mass is 35.5. The van der Waals surface area contributed by atoms with Crippen molar-refractivity contribution in [2.24, 2.45) is 0 Å². The third-order valence-electron chi connectivity index (χ3n) is 3.91. The monoisotopic (exact) mass is 345 g/mol. The molecular weight excluding hydrogens is 326 g/mol. The Balaban J connectivity index is 1.89. The molecule has 0 saturated carbocycles. The molecule has 0 heterocycles. The Morgan fingerprint density at radius 2 is 1.79 bits per heavy atom. The number of rotatable bonds is 5. The van der Waals surface area contributed by atoms with Crippen molar-refractivity contribution in [3.63, 3.8) is 0 Å². The highest BCUT2D eigenvalue weighted by molar-refractivity contribution is 6.30. The molecule has 0 aromatic heterocycles. The lowest BCUT2D eigenvalue weighted by Gasteiger charge is -2.15. The molecule has 0 bridgehead atoms. The summed E-state index contributed by atoms with van der Waals surface area (Å²) in [4.78, 5) is 24.1. The van der Waals surface area contributed by atoms with E-state index >= 15 is 0 Å². The van der Waals surface area contributed by atoms with Gasteiger partial charge in [0, 0.05) is 5.02 Å². The summed E-state index contributed by atoms with van der Waals surface area (Å²) in [5.74, 6) is -0.846.